The van der Waals surface area contributed by atoms with E-state index in [1.165, 1.54) is 0 Å². The summed E-state index contributed by atoms with van der Waals surface area (Å²) in [5, 5.41) is 9.39. The van der Waals surface area contributed by atoms with E-state index in [9.17, 15) is 4.79 Å². The normalized spacial score (nSPS) is 16.4. The third kappa shape index (κ3) is 3.40. The van der Waals surface area contributed by atoms with Gasteiger partial charge in [-0.3, -0.25) is 9.89 Å². The molecule has 0 saturated carbocycles. The summed E-state index contributed by atoms with van der Waals surface area (Å²) in [4.78, 5) is 15.9. The van der Waals surface area contributed by atoms with Crippen LogP contribution < -0.4 is 0 Å². The maximum absolute atomic E-state index is 12.9. The van der Waals surface area contributed by atoms with Gasteiger partial charge in [0.1, 0.15) is 0 Å². The van der Waals surface area contributed by atoms with Crippen LogP contribution in [0.5, 0.6) is 0 Å². The van der Waals surface area contributed by atoms with Crippen LogP contribution in [0.15, 0.2) is 48.1 Å². The Bertz CT molecular complexity index is 930. The van der Waals surface area contributed by atoms with Gasteiger partial charge >= 0.3 is 0 Å². The maximum Gasteiger partial charge on any atom is 0.254 e. The number of carbonyl (C=O) groups is 1. The zero-order valence-corrected chi connectivity index (χ0v) is 16.5. The summed E-state index contributed by atoms with van der Waals surface area (Å²) in [5.41, 5.74) is 2.28. The average molecular weight is 402 g/mol. The van der Waals surface area contributed by atoms with E-state index in [1.807, 2.05) is 46.8 Å². The Balaban J connectivity index is 1.49. The van der Waals surface area contributed by atoms with Crippen molar-refractivity contribution < 1.29 is 9.53 Å². The van der Waals surface area contributed by atoms with Gasteiger partial charge in [-0.05, 0) is 25.0 Å². The zero-order valence-electron chi connectivity index (χ0n) is 14.9. The highest BCUT2D eigenvalue weighted by Crippen LogP contribution is 2.40. The van der Waals surface area contributed by atoms with Gasteiger partial charge in [-0.1, -0.05) is 29.8 Å². The van der Waals surface area contributed by atoms with E-state index in [1.54, 1.807) is 24.6 Å². The quantitative estimate of drug-likeness (QED) is 0.696. The number of methoxy groups -OCH3 is 1. The molecule has 1 saturated heterocycles. The molecule has 4 rings (SSSR count). The number of H-pyrrole nitrogens is 1. The zero-order chi connectivity index (χ0) is 18.9. The van der Waals surface area contributed by atoms with Gasteiger partial charge in [0.15, 0.2) is 0 Å². The fourth-order valence-corrected chi connectivity index (χ4v) is 4.83. The molecule has 3 aromatic rings. The number of aromatic nitrogens is 2. The van der Waals surface area contributed by atoms with Gasteiger partial charge < -0.3 is 9.64 Å². The summed E-state index contributed by atoms with van der Waals surface area (Å²) >= 11 is 7.96. The molecule has 1 aliphatic heterocycles. The largest absolute Gasteiger partial charge is 0.373 e. The lowest BCUT2D eigenvalue weighted by Gasteiger charge is -2.41. The Morgan fingerprint density at radius 3 is 2.78 bits per heavy atom. The van der Waals surface area contributed by atoms with Crippen molar-refractivity contribution in [3.05, 3.63) is 64.3 Å². The van der Waals surface area contributed by atoms with Crippen LogP contribution >= 0.6 is 22.9 Å². The minimum absolute atomic E-state index is 0.0601. The summed E-state index contributed by atoms with van der Waals surface area (Å²) in [6.07, 6.45) is 5.03. The van der Waals surface area contributed by atoms with Crippen LogP contribution in [-0.2, 0) is 10.3 Å². The Labute approximate surface area is 166 Å². The maximum atomic E-state index is 12.9. The second kappa shape index (κ2) is 7.46. The molecular weight excluding hydrogens is 382 g/mol. The van der Waals surface area contributed by atoms with E-state index in [4.69, 9.17) is 16.3 Å². The number of halogens is 1. The molecular formula is C20H20ClN3O2S. The van der Waals surface area contributed by atoms with Crippen LogP contribution in [0.1, 0.15) is 28.8 Å². The molecule has 2 aromatic heterocycles. The van der Waals surface area contributed by atoms with Crippen molar-refractivity contribution in [2.24, 2.45) is 0 Å². The number of benzene rings is 1. The lowest BCUT2D eigenvalue weighted by molar-refractivity contribution is -0.0573. The first-order chi connectivity index (χ1) is 13.1. The molecule has 0 unspecified atom stereocenters. The number of nitrogens with one attached hydrogen (secondary N) is 1. The van der Waals surface area contributed by atoms with E-state index in [2.05, 4.69) is 10.2 Å². The van der Waals surface area contributed by atoms with Crippen molar-refractivity contribution >= 4 is 28.8 Å². The molecule has 0 aliphatic carbocycles. The Morgan fingerprint density at radius 2 is 2.11 bits per heavy atom. The predicted molar refractivity (Wildman–Crippen MR) is 107 cm³/mol. The fourth-order valence-electron chi connectivity index (χ4n) is 3.65. The molecule has 1 aromatic carbocycles. The highest BCUT2D eigenvalue weighted by molar-refractivity contribution is 7.13. The minimum atomic E-state index is -0.439. The second-order valence-corrected chi connectivity index (χ2v) is 7.98. The Hall–Kier alpha value is -2.15. The number of carbonyl (C=O) groups excluding carboxylic acids is 1. The number of thiophene rings is 1. The number of aromatic amines is 1. The molecule has 1 amide bonds. The summed E-state index contributed by atoms with van der Waals surface area (Å²) in [6.45, 7) is 1.27. The lowest BCUT2D eigenvalue weighted by Crippen LogP contribution is -2.46. The van der Waals surface area contributed by atoms with Crippen LogP contribution in [-0.4, -0.2) is 41.2 Å². The topological polar surface area (TPSA) is 58.2 Å². The molecule has 0 atom stereocenters. The van der Waals surface area contributed by atoms with Gasteiger partial charge in [-0.2, -0.15) is 5.10 Å². The molecule has 1 fully saturated rings. The number of hydrogen-bond acceptors (Lipinski definition) is 4. The number of ether oxygens (including phenoxy) is 1. The van der Waals surface area contributed by atoms with Crippen LogP contribution in [0.2, 0.25) is 5.02 Å². The number of piperidine rings is 1. The van der Waals surface area contributed by atoms with E-state index in [-0.39, 0.29) is 5.91 Å². The van der Waals surface area contributed by atoms with E-state index in [0.717, 1.165) is 34.4 Å². The standard InChI is InChI=1S/C20H20ClN3O2S/c1-26-20(16-4-2-3-5-17(16)21)6-8-24(9-7-20)19(25)14-10-18(27-13-14)15-11-22-23-12-15/h2-5,10-13H,6-9H2,1H3,(H,22,23). The average Bonchev–Trinajstić information content (AvgIpc) is 3.39. The summed E-state index contributed by atoms with van der Waals surface area (Å²) in [7, 11) is 1.72. The van der Waals surface area contributed by atoms with Gasteiger partial charge in [-0.25, -0.2) is 0 Å². The molecule has 0 spiro atoms. The molecule has 5 nitrogen and oxygen atoms in total. The summed E-state index contributed by atoms with van der Waals surface area (Å²) < 4.78 is 5.90. The smallest absolute Gasteiger partial charge is 0.254 e. The van der Waals surface area contributed by atoms with Gasteiger partial charge in [0, 0.05) is 52.8 Å². The van der Waals surface area contributed by atoms with Crippen LogP contribution in [0.4, 0.5) is 0 Å². The number of likely N-dealkylation sites (tertiary alicyclic amines) is 1. The predicted octanol–water partition coefficient (Wildman–Crippen LogP) is 4.57. The monoisotopic (exact) mass is 401 g/mol. The van der Waals surface area contributed by atoms with Crippen LogP contribution in [0.3, 0.4) is 0 Å². The molecule has 1 aliphatic rings. The molecule has 3 heterocycles. The first-order valence-electron chi connectivity index (χ1n) is 8.80. The van der Waals surface area contributed by atoms with Crippen molar-refractivity contribution in [1.29, 1.82) is 0 Å². The lowest BCUT2D eigenvalue weighted by atomic mass is 9.84. The van der Waals surface area contributed by atoms with Crippen molar-refractivity contribution in [1.82, 2.24) is 15.1 Å². The van der Waals surface area contributed by atoms with Gasteiger partial charge in [-0.15, -0.1) is 11.3 Å². The Morgan fingerprint density at radius 1 is 1.33 bits per heavy atom. The SMILES string of the molecule is COC1(c2ccccc2Cl)CCN(C(=O)c2csc(-c3cn[nH]c3)c2)CC1. The molecule has 27 heavy (non-hydrogen) atoms. The number of hydrogen-bond donors (Lipinski definition) is 1. The van der Waals surface area contributed by atoms with E-state index < -0.39 is 5.60 Å². The molecule has 1 N–H and O–H groups in total. The number of nitrogens with zero attached hydrogens (tertiary/aromatic N) is 2. The van der Waals surface area contributed by atoms with Crippen LogP contribution in [0.25, 0.3) is 10.4 Å². The van der Waals surface area contributed by atoms with E-state index >= 15 is 0 Å². The van der Waals surface area contributed by atoms with Crippen LogP contribution in [0, 0.1) is 0 Å². The molecule has 0 bridgehead atoms. The number of amides is 1. The molecule has 7 heteroatoms. The minimum Gasteiger partial charge on any atom is -0.373 e. The van der Waals surface area contributed by atoms with Crippen molar-refractivity contribution in [3.8, 4) is 10.4 Å². The van der Waals surface area contributed by atoms with Crippen molar-refractivity contribution in [3.63, 3.8) is 0 Å². The first-order valence-corrected chi connectivity index (χ1v) is 10.1. The second-order valence-electron chi connectivity index (χ2n) is 6.66. The fraction of sp³-hybridized carbons (Fsp3) is 0.300. The number of rotatable bonds is 4. The van der Waals surface area contributed by atoms with Gasteiger partial charge in [0.25, 0.3) is 5.91 Å². The summed E-state index contributed by atoms with van der Waals surface area (Å²) in [6, 6.07) is 9.73. The van der Waals surface area contributed by atoms with Crippen molar-refractivity contribution in [2.75, 3.05) is 20.2 Å². The van der Waals surface area contributed by atoms with Gasteiger partial charge in [0.2, 0.25) is 0 Å². The Kier molecular flexibility index (Phi) is 5.04. The molecule has 0 radical (unpaired) electrons. The third-order valence-corrected chi connectivity index (χ3v) is 6.55. The van der Waals surface area contributed by atoms with Crippen molar-refractivity contribution in [2.45, 2.75) is 18.4 Å². The highest BCUT2D eigenvalue weighted by Gasteiger charge is 2.39. The van der Waals surface area contributed by atoms with E-state index in [0.29, 0.717) is 18.1 Å². The molecule has 140 valence electrons. The van der Waals surface area contributed by atoms with Gasteiger partial charge in [0.05, 0.1) is 17.4 Å². The first kappa shape index (κ1) is 18.2. The highest BCUT2D eigenvalue weighted by atomic mass is 35.5. The summed E-state index contributed by atoms with van der Waals surface area (Å²) in [5.74, 6) is 0.0601. The third-order valence-electron chi connectivity index (χ3n) is 5.24.